The van der Waals surface area contributed by atoms with Gasteiger partial charge in [0, 0.05) is 32.5 Å². The fourth-order valence-corrected chi connectivity index (χ4v) is 5.34. The zero-order valence-electron chi connectivity index (χ0n) is 14.9. The first-order valence-electron chi connectivity index (χ1n) is 7.71. The summed E-state index contributed by atoms with van der Waals surface area (Å²) < 4.78 is 16.0. The van der Waals surface area contributed by atoms with Crippen LogP contribution in [0.2, 0.25) is 12.6 Å². The third-order valence-electron chi connectivity index (χ3n) is 3.18. The van der Waals surface area contributed by atoms with Crippen LogP contribution in [0.15, 0.2) is 12.7 Å². The van der Waals surface area contributed by atoms with Crippen molar-refractivity contribution in [1.29, 1.82) is 0 Å². The van der Waals surface area contributed by atoms with Gasteiger partial charge in [0.15, 0.2) is 0 Å². The van der Waals surface area contributed by atoms with Crippen molar-refractivity contribution in [1.82, 2.24) is 0 Å². The molecule has 23 heavy (non-hydrogen) atoms. The maximum Gasteiger partial charge on any atom is 0.461 e. The second-order valence-corrected chi connectivity index (χ2v) is 9.40. The summed E-state index contributed by atoms with van der Waals surface area (Å²) in [6, 6.07) is 0.355. The van der Waals surface area contributed by atoms with Crippen LogP contribution < -0.4 is 0 Å². The van der Waals surface area contributed by atoms with Gasteiger partial charge in [0.2, 0.25) is 0 Å². The lowest BCUT2D eigenvalue weighted by molar-refractivity contribution is -0.147. The van der Waals surface area contributed by atoms with Crippen LogP contribution in [0.4, 0.5) is 0 Å². The fourth-order valence-electron chi connectivity index (χ4n) is 2.49. The summed E-state index contributed by atoms with van der Waals surface area (Å²) in [5, 5.41) is 0. The quantitative estimate of drug-likeness (QED) is 0.363. The Bertz CT molecular complexity index is 430. The number of carbonyl (C=O) groups excluding carboxylic acids is 3. The van der Waals surface area contributed by atoms with Crippen LogP contribution in [0.3, 0.4) is 0 Å². The number of carbonyl (C=O) groups is 3. The number of hydrogen-bond donors (Lipinski definition) is 0. The average Bonchev–Trinajstić information content (AvgIpc) is 2.34. The van der Waals surface area contributed by atoms with Gasteiger partial charge in [-0.05, 0) is 18.3 Å². The third kappa shape index (κ3) is 9.17. The molecule has 0 bridgehead atoms. The molecule has 0 aromatic heterocycles. The van der Waals surface area contributed by atoms with E-state index < -0.39 is 26.5 Å². The van der Waals surface area contributed by atoms with Gasteiger partial charge in [-0.2, -0.15) is 0 Å². The minimum absolute atomic E-state index is 0.128. The van der Waals surface area contributed by atoms with E-state index in [1.54, 1.807) is 6.55 Å². The molecule has 0 amide bonds. The van der Waals surface area contributed by atoms with Crippen molar-refractivity contribution < 1.29 is 28.0 Å². The summed E-state index contributed by atoms with van der Waals surface area (Å²) in [4.78, 5) is 34.2. The zero-order chi connectivity index (χ0) is 18.2. The molecule has 0 aliphatic rings. The lowest BCUT2D eigenvalue weighted by atomic mass is 9.97. The molecule has 0 N–H and O–H groups in total. The van der Waals surface area contributed by atoms with Crippen LogP contribution >= 0.6 is 0 Å². The van der Waals surface area contributed by atoms with Gasteiger partial charge in [0.05, 0.1) is 0 Å². The van der Waals surface area contributed by atoms with E-state index in [0.29, 0.717) is 18.4 Å². The van der Waals surface area contributed by atoms with E-state index in [2.05, 4.69) is 6.58 Å². The molecular weight excluding hydrogens is 316 g/mol. The molecule has 0 aliphatic heterocycles. The van der Waals surface area contributed by atoms with E-state index in [1.807, 2.05) is 20.8 Å². The van der Waals surface area contributed by atoms with Gasteiger partial charge in [-0.25, -0.2) is 4.79 Å². The first-order valence-corrected chi connectivity index (χ1v) is 10.2. The highest BCUT2D eigenvalue weighted by Crippen LogP contribution is 2.27. The first kappa shape index (κ1) is 21.4. The summed E-state index contributed by atoms with van der Waals surface area (Å²) in [6.45, 7) is 13.6. The standard InChI is InChI=1S/C16H28O6Si/c1-8-16(19)20-15(9-11(2)3)12(4)10-23(7,21-13(5)17)22-14(6)18/h8,11-12,15H,1,9-10H2,2-7H3. The van der Waals surface area contributed by atoms with Gasteiger partial charge in [-0.3, -0.25) is 9.59 Å². The van der Waals surface area contributed by atoms with E-state index in [-0.39, 0.29) is 12.0 Å². The smallest absolute Gasteiger partial charge is 0.461 e. The maximum atomic E-state index is 11.5. The molecule has 0 aromatic carbocycles. The molecule has 2 unspecified atom stereocenters. The molecule has 0 saturated heterocycles. The molecule has 7 heteroatoms. The molecule has 2 atom stereocenters. The molecule has 6 nitrogen and oxygen atoms in total. The van der Waals surface area contributed by atoms with Crippen LogP contribution in [-0.2, 0) is 28.0 Å². The second kappa shape index (κ2) is 9.49. The molecule has 0 saturated carbocycles. The predicted octanol–water partition coefficient (Wildman–Crippen LogP) is 2.96. The van der Waals surface area contributed by atoms with E-state index in [4.69, 9.17) is 13.6 Å². The van der Waals surface area contributed by atoms with Crippen molar-refractivity contribution in [3.8, 4) is 0 Å². The molecule has 0 rings (SSSR count). The van der Waals surface area contributed by atoms with Gasteiger partial charge in [0.25, 0.3) is 11.9 Å². The highest BCUT2D eigenvalue weighted by Gasteiger charge is 2.42. The van der Waals surface area contributed by atoms with Gasteiger partial charge in [-0.15, -0.1) is 0 Å². The van der Waals surface area contributed by atoms with Crippen molar-refractivity contribution in [3.63, 3.8) is 0 Å². The summed E-state index contributed by atoms with van der Waals surface area (Å²) in [6.07, 6.45) is 1.42. The first-order chi connectivity index (χ1) is 10.5. The monoisotopic (exact) mass is 344 g/mol. The molecule has 0 aliphatic carbocycles. The van der Waals surface area contributed by atoms with E-state index in [1.165, 1.54) is 13.8 Å². The van der Waals surface area contributed by atoms with Crippen molar-refractivity contribution in [2.45, 2.75) is 59.7 Å². The zero-order valence-corrected chi connectivity index (χ0v) is 15.9. The van der Waals surface area contributed by atoms with E-state index in [0.717, 1.165) is 6.08 Å². The maximum absolute atomic E-state index is 11.5. The Morgan fingerprint density at radius 2 is 1.57 bits per heavy atom. The molecule has 132 valence electrons. The average molecular weight is 344 g/mol. The van der Waals surface area contributed by atoms with Gasteiger partial charge in [0.1, 0.15) is 6.10 Å². The minimum atomic E-state index is -3.03. The fraction of sp³-hybridized carbons (Fsp3) is 0.688. The molecule has 0 fully saturated rings. The van der Waals surface area contributed by atoms with Crippen LogP contribution in [0.1, 0.15) is 41.0 Å². The lowest BCUT2D eigenvalue weighted by Crippen LogP contribution is -2.45. The number of rotatable bonds is 9. The van der Waals surface area contributed by atoms with E-state index >= 15 is 0 Å². The third-order valence-corrected chi connectivity index (χ3v) is 6.01. The largest absolute Gasteiger partial charge is 0.485 e. The molecule has 0 heterocycles. The Morgan fingerprint density at radius 3 is 1.91 bits per heavy atom. The summed E-state index contributed by atoms with van der Waals surface area (Å²) >= 11 is 0. The van der Waals surface area contributed by atoms with Crippen molar-refractivity contribution in [3.05, 3.63) is 12.7 Å². The Hall–Kier alpha value is -1.63. The topological polar surface area (TPSA) is 78.9 Å². The minimum Gasteiger partial charge on any atom is -0.485 e. The number of hydrogen-bond acceptors (Lipinski definition) is 6. The van der Waals surface area contributed by atoms with Gasteiger partial charge < -0.3 is 13.6 Å². The lowest BCUT2D eigenvalue weighted by Gasteiger charge is -2.31. The van der Waals surface area contributed by atoms with Gasteiger partial charge in [-0.1, -0.05) is 27.4 Å². The molecule has 0 aromatic rings. The number of ether oxygens (including phenoxy) is 1. The van der Waals surface area contributed by atoms with Crippen LogP contribution in [0.5, 0.6) is 0 Å². The summed E-state index contributed by atoms with van der Waals surface area (Å²) in [5.41, 5.74) is 0. The SMILES string of the molecule is C=CC(=O)OC(CC(C)C)C(C)C[Si](C)(OC(C)=O)OC(C)=O. The van der Waals surface area contributed by atoms with Crippen LogP contribution in [-0.4, -0.2) is 32.6 Å². The predicted molar refractivity (Wildman–Crippen MR) is 88.7 cm³/mol. The number of esters is 1. The Kier molecular flexibility index (Phi) is 8.82. The second-order valence-electron chi connectivity index (χ2n) is 6.31. The Morgan fingerprint density at radius 1 is 1.09 bits per heavy atom. The highest BCUT2D eigenvalue weighted by atomic mass is 28.4. The van der Waals surface area contributed by atoms with Crippen LogP contribution in [0, 0.1) is 11.8 Å². The van der Waals surface area contributed by atoms with Crippen molar-refractivity contribution in [2.75, 3.05) is 0 Å². The van der Waals surface area contributed by atoms with Crippen LogP contribution in [0.25, 0.3) is 0 Å². The summed E-state index contributed by atoms with van der Waals surface area (Å²) in [7, 11) is -3.03. The van der Waals surface area contributed by atoms with Crippen molar-refractivity contribution in [2.24, 2.45) is 11.8 Å². The molecule has 0 spiro atoms. The Labute approximate surface area is 139 Å². The highest BCUT2D eigenvalue weighted by molar-refractivity contribution is 6.69. The normalized spacial score (nSPS) is 13.9. The molecular formula is C16H28O6Si. The molecule has 0 radical (unpaired) electrons. The van der Waals surface area contributed by atoms with Gasteiger partial charge >= 0.3 is 14.5 Å². The van der Waals surface area contributed by atoms with E-state index in [9.17, 15) is 14.4 Å². The van der Waals surface area contributed by atoms with Crippen molar-refractivity contribution >= 4 is 26.5 Å². The Balaban J connectivity index is 5.16. The summed E-state index contributed by atoms with van der Waals surface area (Å²) in [5.74, 6) is -1.29.